The lowest BCUT2D eigenvalue weighted by atomic mass is 10.0. The summed E-state index contributed by atoms with van der Waals surface area (Å²) in [5.74, 6) is 0. The lowest BCUT2D eigenvalue weighted by Gasteiger charge is -2.14. The fourth-order valence-corrected chi connectivity index (χ4v) is 2.51. The lowest BCUT2D eigenvalue weighted by molar-refractivity contribution is 0.624. The quantitative estimate of drug-likeness (QED) is 0.789. The summed E-state index contributed by atoms with van der Waals surface area (Å²) < 4.78 is 2.27. The fourth-order valence-electron chi connectivity index (χ4n) is 2.51. The first-order valence-electron chi connectivity index (χ1n) is 6.28. The van der Waals surface area contributed by atoms with Crippen LogP contribution in [0, 0.1) is 6.92 Å². The first-order chi connectivity index (χ1) is 8.34. The van der Waals surface area contributed by atoms with E-state index in [0.717, 1.165) is 18.7 Å². The van der Waals surface area contributed by atoms with E-state index in [4.69, 9.17) is 0 Å². The summed E-state index contributed by atoms with van der Waals surface area (Å²) in [5.41, 5.74) is 5.12. The second kappa shape index (κ2) is 4.32. The standard InChI is InChI=1S/C14H17N3/c1-11-5-4-8-15-13(11)9-17-10-16-12-6-2-3-7-14(12)17/h4-5,8,10H,2-3,6-7,9H2,1H3. The van der Waals surface area contributed by atoms with E-state index < -0.39 is 0 Å². The number of pyridine rings is 1. The summed E-state index contributed by atoms with van der Waals surface area (Å²) in [6, 6.07) is 4.11. The molecule has 1 aliphatic carbocycles. The molecule has 0 bridgehead atoms. The minimum absolute atomic E-state index is 0.856. The van der Waals surface area contributed by atoms with Crippen molar-refractivity contribution < 1.29 is 0 Å². The summed E-state index contributed by atoms with van der Waals surface area (Å²) in [6.07, 6.45) is 8.73. The molecule has 88 valence electrons. The van der Waals surface area contributed by atoms with E-state index in [1.165, 1.54) is 36.2 Å². The number of rotatable bonds is 2. The molecule has 2 aromatic rings. The molecule has 0 aromatic carbocycles. The number of imidazole rings is 1. The third-order valence-electron chi connectivity index (χ3n) is 3.55. The molecule has 0 amide bonds. The highest BCUT2D eigenvalue weighted by molar-refractivity contribution is 5.21. The highest BCUT2D eigenvalue weighted by Gasteiger charge is 2.15. The summed E-state index contributed by atoms with van der Waals surface area (Å²) in [6.45, 7) is 2.97. The van der Waals surface area contributed by atoms with Gasteiger partial charge in [0, 0.05) is 11.9 Å². The van der Waals surface area contributed by atoms with Gasteiger partial charge in [-0.1, -0.05) is 6.07 Å². The fraction of sp³-hybridized carbons (Fsp3) is 0.429. The van der Waals surface area contributed by atoms with E-state index in [0.29, 0.717) is 0 Å². The Morgan fingerprint density at radius 2 is 2.12 bits per heavy atom. The second-order valence-electron chi connectivity index (χ2n) is 4.74. The van der Waals surface area contributed by atoms with Crippen LogP contribution in [0.5, 0.6) is 0 Å². The lowest BCUT2D eigenvalue weighted by Crippen LogP contribution is -2.10. The SMILES string of the molecule is Cc1cccnc1Cn1cnc2c1CCCC2. The van der Waals surface area contributed by atoms with Gasteiger partial charge in [0.15, 0.2) is 0 Å². The van der Waals surface area contributed by atoms with E-state index in [-0.39, 0.29) is 0 Å². The van der Waals surface area contributed by atoms with Crippen LogP contribution in [0.25, 0.3) is 0 Å². The minimum atomic E-state index is 0.856. The molecule has 0 aliphatic heterocycles. The number of aryl methyl sites for hydroxylation is 2. The van der Waals surface area contributed by atoms with Crippen LogP contribution in [0.2, 0.25) is 0 Å². The monoisotopic (exact) mass is 227 g/mol. The Hall–Kier alpha value is -1.64. The zero-order chi connectivity index (χ0) is 11.7. The summed E-state index contributed by atoms with van der Waals surface area (Å²) in [7, 11) is 0. The molecule has 0 saturated heterocycles. The van der Waals surface area contributed by atoms with Crippen molar-refractivity contribution in [3.63, 3.8) is 0 Å². The van der Waals surface area contributed by atoms with Crippen molar-refractivity contribution in [1.29, 1.82) is 0 Å². The van der Waals surface area contributed by atoms with Gasteiger partial charge in [-0.15, -0.1) is 0 Å². The van der Waals surface area contributed by atoms with Crippen LogP contribution in [-0.2, 0) is 19.4 Å². The molecule has 1 aliphatic rings. The summed E-state index contributed by atoms with van der Waals surface area (Å²) in [5, 5.41) is 0. The van der Waals surface area contributed by atoms with Crippen LogP contribution in [0.4, 0.5) is 0 Å². The minimum Gasteiger partial charge on any atom is -0.328 e. The third-order valence-corrected chi connectivity index (χ3v) is 3.55. The van der Waals surface area contributed by atoms with Gasteiger partial charge in [-0.2, -0.15) is 0 Å². The number of hydrogen-bond donors (Lipinski definition) is 0. The molecule has 0 atom stereocenters. The topological polar surface area (TPSA) is 30.7 Å². The molecular weight excluding hydrogens is 210 g/mol. The van der Waals surface area contributed by atoms with Gasteiger partial charge >= 0.3 is 0 Å². The van der Waals surface area contributed by atoms with Crippen LogP contribution in [0.1, 0.15) is 35.5 Å². The maximum atomic E-state index is 4.52. The van der Waals surface area contributed by atoms with Gasteiger partial charge in [0.2, 0.25) is 0 Å². The maximum Gasteiger partial charge on any atom is 0.0955 e. The van der Waals surface area contributed by atoms with Gasteiger partial charge in [0.05, 0.1) is 24.3 Å². The van der Waals surface area contributed by atoms with Crippen LogP contribution in [-0.4, -0.2) is 14.5 Å². The second-order valence-corrected chi connectivity index (χ2v) is 4.74. The third kappa shape index (κ3) is 1.97. The van der Waals surface area contributed by atoms with Crippen LogP contribution in [0.3, 0.4) is 0 Å². The smallest absolute Gasteiger partial charge is 0.0955 e. The molecule has 3 rings (SSSR count). The molecule has 0 spiro atoms. The first-order valence-corrected chi connectivity index (χ1v) is 6.28. The van der Waals surface area contributed by atoms with Gasteiger partial charge in [0.25, 0.3) is 0 Å². The number of aromatic nitrogens is 3. The van der Waals surface area contributed by atoms with E-state index in [2.05, 4.69) is 27.5 Å². The molecule has 0 radical (unpaired) electrons. The summed E-state index contributed by atoms with van der Waals surface area (Å²) >= 11 is 0. The van der Waals surface area contributed by atoms with Crippen molar-refractivity contribution in [2.24, 2.45) is 0 Å². The van der Waals surface area contributed by atoms with Gasteiger partial charge < -0.3 is 4.57 Å². The molecular formula is C14H17N3. The molecule has 2 aromatic heterocycles. The Balaban J connectivity index is 1.91. The maximum absolute atomic E-state index is 4.52. The Bertz CT molecular complexity index is 528. The average Bonchev–Trinajstić information content (AvgIpc) is 2.76. The molecule has 0 saturated carbocycles. The molecule has 3 nitrogen and oxygen atoms in total. The van der Waals surface area contributed by atoms with Crippen molar-refractivity contribution in [2.45, 2.75) is 39.2 Å². The van der Waals surface area contributed by atoms with Crippen molar-refractivity contribution >= 4 is 0 Å². The summed E-state index contributed by atoms with van der Waals surface area (Å²) in [4.78, 5) is 8.97. The van der Waals surface area contributed by atoms with Gasteiger partial charge in [0.1, 0.15) is 0 Å². The number of hydrogen-bond acceptors (Lipinski definition) is 2. The van der Waals surface area contributed by atoms with E-state index in [1.807, 2.05) is 18.6 Å². The molecule has 0 unspecified atom stereocenters. The van der Waals surface area contributed by atoms with E-state index in [9.17, 15) is 0 Å². The molecule has 17 heavy (non-hydrogen) atoms. The van der Waals surface area contributed by atoms with Crippen molar-refractivity contribution in [2.75, 3.05) is 0 Å². The zero-order valence-electron chi connectivity index (χ0n) is 10.2. The van der Waals surface area contributed by atoms with E-state index in [1.54, 1.807) is 0 Å². The highest BCUT2D eigenvalue weighted by atomic mass is 15.1. The Kier molecular flexibility index (Phi) is 2.67. The van der Waals surface area contributed by atoms with Gasteiger partial charge in [-0.25, -0.2) is 4.98 Å². The highest BCUT2D eigenvalue weighted by Crippen LogP contribution is 2.20. The normalized spacial score (nSPS) is 14.6. The molecule has 3 heteroatoms. The Labute approximate surface area is 102 Å². The van der Waals surface area contributed by atoms with Crippen LogP contribution in [0.15, 0.2) is 24.7 Å². The van der Waals surface area contributed by atoms with Crippen molar-refractivity contribution in [3.8, 4) is 0 Å². The first kappa shape index (κ1) is 10.5. The van der Waals surface area contributed by atoms with Crippen molar-refractivity contribution in [1.82, 2.24) is 14.5 Å². The van der Waals surface area contributed by atoms with Gasteiger partial charge in [-0.3, -0.25) is 4.98 Å². The molecule has 0 N–H and O–H groups in total. The number of fused-ring (bicyclic) bond motifs is 1. The Morgan fingerprint density at radius 1 is 1.24 bits per heavy atom. The number of nitrogens with zero attached hydrogens (tertiary/aromatic N) is 3. The van der Waals surface area contributed by atoms with Gasteiger partial charge in [-0.05, 0) is 44.2 Å². The largest absolute Gasteiger partial charge is 0.328 e. The van der Waals surface area contributed by atoms with Crippen LogP contribution >= 0.6 is 0 Å². The predicted molar refractivity (Wildman–Crippen MR) is 66.9 cm³/mol. The molecule has 0 fully saturated rings. The zero-order valence-corrected chi connectivity index (χ0v) is 10.2. The predicted octanol–water partition coefficient (Wildman–Crippen LogP) is 2.51. The average molecular weight is 227 g/mol. The van der Waals surface area contributed by atoms with Crippen molar-refractivity contribution in [3.05, 3.63) is 47.3 Å². The van der Waals surface area contributed by atoms with Crippen LogP contribution < -0.4 is 0 Å². The molecule has 2 heterocycles. The van der Waals surface area contributed by atoms with E-state index >= 15 is 0 Å². The Morgan fingerprint density at radius 3 is 3.00 bits per heavy atom.